The van der Waals surface area contributed by atoms with Crippen molar-refractivity contribution >= 4 is 0 Å². The van der Waals surface area contributed by atoms with Gasteiger partial charge in [-0.25, -0.2) is 0 Å². The van der Waals surface area contributed by atoms with Crippen LogP contribution < -0.4 is 0 Å². The second kappa shape index (κ2) is 8.42. The number of aliphatic hydroxyl groups is 1. The summed E-state index contributed by atoms with van der Waals surface area (Å²) in [5.74, 6) is 5.70. The Morgan fingerprint density at radius 1 is 1.03 bits per heavy atom. The molecule has 0 spiro atoms. The molecule has 0 radical (unpaired) electrons. The maximum Gasteiger partial charge on any atom is 0.0577 e. The van der Waals surface area contributed by atoms with Crippen molar-refractivity contribution in [1.82, 2.24) is 0 Å². The van der Waals surface area contributed by atoms with Gasteiger partial charge >= 0.3 is 0 Å². The summed E-state index contributed by atoms with van der Waals surface area (Å²) in [6.45, 7) is 14.8. The minimum Gasteiger partial charge on any atom is -0.393 e. The van der Waals surface area contributed by atoms with Crippen LogP contribution in [0.2, 0.25) is 0 Å². The van der Waals surface area contributed by atoms with E-state index in [4.69, 9.17) is 0 Å². The largest absolute Gasteiger partial charge is 0.393 e. The SMILES string of the molecule is CCC(/C=C/C(C)C1CCC2C3CC=C4CC(O)CC[C@]4(C)C3CCC12C)C(C)C. The van der Waals surface area contributed by atoms with E-state index in [0.717, 1.165) is 48.3 Å². The highest BCUT2D eigenvalue weighted by Gasteiger charge is 2.58. The second-order valence-corrected chi connectivity index (χ2v) is 12.4. The third-order valence-electron chi connectivity index (χ3n) is 10.8. The minimum absolute atomic E-state index is 0.0870. The number of hydrogen-bond donors (Lipinski definition) is 1. The van der Waals surface area contributed by atoms with Crippen LogP contribution in [0.1, 0.15) is 99.3 Å². The van der Waals surface area contributed by atoms with Crippen LogP contribution in [-0.2, 0) is 0 Å². The monoisotopic (exact) mass is 412 g/mol. The maximum atomic E-state index is 10.2. The number of allylic oxidation sites excluding steroid dienone is 3. The zero-order valence-electron chi connectivity index (χ0n) is 20.7. The van der Waals surface area contributed by atoms with Crippen LogP contribution in [0.4, 0.5) is 0 Å². The zero-order valence-corrected chi connectivity index (χ0v) is 20.7. The van der Waals surface area contributed by atoms with Crippen molar-refractivity contribution in [1.29, 1.82) is 0 Å². The molecule has 0 aromatic heterocycles. The lowest BCUT2D eigenvalue weighted by Gasteiger charge is -2.58. The topological polar surface area (TPSA) is 20.2 Å². The Labute approximate surface area is 186 Å². The predicted molar refractivity (Wildman–Crippen MR) is 128 cm³/mol. The molecule has 170 valence electrons. The molecule has 0 aliphatic heterocycles. The van der Waals surface area contributed by atoms with E-state index in [1.54, 1.807) is 5.57 Å². The lowest BCUT2D eigenvalue weighted by molar-refractivity contribution is -0.0540. The fourth-order valence-corrected chi connectivity index (χ4v) is 8.83. The molecule has 8 unspecified atom stereocenters. The van der Waals surface area contributed by atoms with Gasteiger partial charge in [0.2, 0.25) is 0 Å². The van der Waals surface area contributed by atoms with Crippen molar-refractivity contribution < 1.29 is 5.11 Å². The highest BCUT2D eigenvalue weighted by Crippen LogP contribution is 2.67. The van der Waals surface area contributed by atoms with Crippen molar-refractivity contribution in [2.75, 3.05) is 0 Å². The molecular formula is C29H48O. The standard InChI is InChI=1S/C29H48O/c1-7-21(19(2)3)9-8-20(4)25-12-13-26-24-11-10-22-18-23(30)14-16-28(22,5)27(24)15-17-29(25,26)6/h8-10,19-21,23-27,30H,7,11-18H2,1-6H3/b9-8+/t20?,21?,23?,24?,25?,26?,27?,28-,29?/m0/s1. The third-order valence-corrected chi connectivity index (χ3v) is 10.8. The van der Waals surface area contributed by atoms with Crippen molar-refractivity contribution in [2.24, 2.45) is 52.3 Å². The van der Waals surface area contributed by atoms with Crippen molar-refractivity contribution in [2.45, 2.75) is 105 Å². The Morgan fingerprint density at radius 3 is 2.50 bits per heavy atom. The average Bonchev–Trinajstić information content (AvgIpc) is 3.06. The summed E-state index contributed by atoms with van der Waals surface area (Å²) in [6, 6.07) is 0. The van der Waals surface area contributed by atoms with E-state index in [0.29, 0.717) is 16.7 Å². The van der Waals surface area contributed by atoms with Gasteiger partial charge < -0.3 is 5.11 Å². The summed E-state index contributed by atoms with van der Waals surface area (Å²) in [5.41, 5.74) is 2.51. The van der Waals surface area contributed by atoms with Crippen LogP contribution in [0.25, 0.3) is 0 Å². The summed E-state index contributed by atoms with van der Waals surface area (Å²) in [5, 5.41) is 10.2. The highest BCUT2D eigenvalue weighted by atomic mass is 16.3. The van der Waals surface area contributed by atoms with Crippen LogP contribution >= 0.6 is 0 Å². The molecule has 3 fully saturated rings. The van der Waals surface area contributed by atoms with Gasteiger partial charge in [0.1, 0.15) is 0 Å². The third kappa shape index (κ3) is 3.66. The molecule has 4 aliphatic rings. The van der Waals surface area contributed by atoms with Gasteiger partial charge in [-0.1, -0.05) is 65.3 Å². The Balaban J connectivity index is 1.52. The molecule has 9 atom stereocenters. The summed E-state index contributed by atoms with van der Waals surface area (Å²) in [6.07, 6.45) is 19.1. The van der Waals surface area contributed by atoms with Gasteiger partial charge in [-0.2, -0.15) is 0 Å². The van der Waals surface area contributed by atoms with Gasteiger partial charge in [0.05, 0.1) is 6.10 Å². The molecule has 0 heterocycles. The van der Waals surface area contributed by atoms with Gasteiger partial charge in [-0.05, 0) is 110 Å². The highest BCUT2D eigenvalue weighted by molar-refractivity contribution is 5.25. The first-order valence-electron chi connectivity index (χ1n) is 13.3. The Kier molecular flexibility index (Phi) is 6.35. The van der Waals surface area contributed by atoms with Gasteiger partial charge in [0.25, 0.3) is 0 Å². The fraction of sp³-hybridized carbons (Fsp3) is 0.862. The van der Waals surface area contributed by atoms with Crippen molar-refractivity contribution in [3.63, 3.8) is 0 Å². The number of aliphatic hydroxyl groups excluding tert-OH is 1. The van der Waals surface area contributed by atoms with E-state index in [1.165, 1.54) is 44.9 Å². The van der Waals surface area contributed by atoms with E-state index < -0.39 is 0 Å². The normalized spacial score (nSPS) is 45.6. The summed E-state index contributed by atoms with van der Waals surface area (Å²) >= 11 is 0. The van der Waals surface area contributed by atoms with E-state index >= 15 is 0 Å². The molecule has 1 nitrogen and oxygen atoms in total. The van der Waals surface area contributed by atoms with Gasteiger partial charge in [-0.3, -0.25) is 0 Å². The molecule has 4 rings (SSSR count). The zero-order chi connectivity index (χ0) is 21.7. The molecule has 30 heavy (non-hydrogen) atoms. The molecule has 0 saturated heterocycles. The van der Waals surface area contributed by atoms with E-state index in [9.17, 15) is 5.11 Å². The van der Waals surface area contributed by atoms with Gasteiger partial charge in [0.15, 0.2) is 0 Å². The maximum absolute atomic E-state index is 10.2. The van der Waals surface area contributed by atoms with Crippen LogP contribution in [-0.4, -0.2) is 11.2 Å². The fourth-order valence-electron chi connectivity index (χ4n) is 8.83. The quantitative estimate of drug-likeness (QED) is 0.457. The predicted octanol–water partition coefficient (Wildman–Crippen LogP) is 7.80. The van der Waals surface area contributed by atoms with E-state index in [-0.39, 0.29) is 6.10 Å². The molecular weight excluding hydrogens is 364 g/mol. The average molecular weight is 413 g/mol. The summed E-state index contributed by atoms with van der Waals surface area (Å²) in [4.78, 5) is 0. The molecule has 1 N–H and O–H groups in total. The van der Waals surface area contributed by atoms with Crippen molar-refractivity contribution in [3.8, 4) is 0 Å². The van der Waals surface area contributed by atoms with Crippen molar-refractivity contribution in [3.05, 3.63) is 23.8 Å². The van der Waals surface area contributed by atoms with Crippen LogP contribution in [0.3, 0.4) is 0 Å². The van der Waals surface area contributed by atoms with E-state index in [1.807, 2.05) is 0 Å². The smallest absolute Gasteiger partial charge is 0.0577 e. The minimum atomic E-state index is -0.0870. The first kappa shape index (κ1) is 22.6. The van der Waals surface area contributed by atoms with Crippen LogP contribution in [0.15, 0.2) is 23.8 Å². The number of fused-ring (bicyclic) bond motifs is 5. The lowest BCUT2D eigenvalue weighted by atomic mass is 9.47. The lowest BCUT2D eigenvalue weighted by Crippen LogP contribution is -2.50. The molecule has 0 aromatic carbocycles. The second-order valence-electron chi connectivity index (χ2n) is 12.4. The number of rotatable bonds is 5. The molecule has 0 amide bonds. The van der Waals surface area contributed by atoms with E-state index in [2.05, 4.69) is 59.8 Å². The summed E-state index contributed by atoms with van der Waals surface area (Å²) < 4.78 is 0. The number of hydrogen-bond acceptors (Lipinski definition) is 1. The molecule has 4 aliphatic carbocycles. The first-order chi connectivity index (χ1) is 14.2. The summed E-state index contributed by atoms with van der Waals surface area (Å²) in [7, 11) is 0. The Bertz CT molecular complexity index is 674. The van der Waals surface area contributed by atoms with Crippen LogP contribution in [0.5, 0.6) is 0 Å². The van der Waals surface area contributed by atoms with Gasteiger partial charge in [0, 0.05) is 0 Å². The Morgan fingerprint density at radius 2 is 1.80 bits per heavy atom. The Hall–Kier alpha value is -0.560. The van der Waals surface area contributed by atoms with Gasteiger partial charge in [-0.15, -0.1) is 0 Å². The molecule has 1 heteroatoms. The molecule has 3 saturated carbocycles. The van der Waals surface area contributed by atoms with Crippen LogP contribution in [0, 0.1) is 52.3 Å². The molecule has 0 aromatic rings. The first-order valence-corrected chi connectivity index (χ1v) is 13.3. The molecule has 0 bridgehead atoms.